The van der Waals surface area contributed by atoms with Crippen LogP contribution in [0.15, 0.2) is 79.0 Å². The summed E-state index contributed by atoms with van der Waals surface area (Å²) in [4.78, 5) is 44.2. The Morgan fingerprint density at radius 3 is 2.34 bits per heavy atom. The van der Waals surface area contributed by atoms with E-state index in [9.17, 15) is 27.6 Å². The SMILES string of the molecule is Cc1ccc(N2C(=O)[C@@H]3[C@H](C2=O)[C@@H]2c4ccccc4C=CN2[C@H]3C(=O)Nc2cccc(C(F)(F)F)c2)cc1. The van der Waals surface area contributed by atoms with E-state index in [0.717, 1.165) is 33.7 Å². The van der Waals surface area contributed by atoms with Gasteiger partial charge in [0.25, 0.3) is 0 Å². The highest BCUT2D eigenvalue weighted by atomic mass is 19.4. The summed E-state index contributed by atoms with van der Waals surface area (Å²) in [5.41, 5.74) is 2.12. The molecule has 6 nitrogen and oxygen atoms in total. The first-order valence-electron chi connectivity index (χ1n) is 12.1. The monoisotopic (exact) mass is 517 g/mol. The van der Waals surface area contributed by atoms with E-state index in [-0.39, 0.29) is 5.69 Å². The predicted octanol–water partition coefficient (Wildman–Crippen LogP) is 5.17. The molecule has 0 radical (unpaired) electrons. The fourth-order valence-corrected chi connectivity index (χ4v) is 5.79. The number of rotatable bonds is 3. The van der Waals surface area contributed by atoms with E-state index in [1.165, 1.54) is 12.1 Å². The Hall–Kier alpha value is -4.40. The number of halogens is 3. The van der Waals surface area contributed by atoms with Crippen molar-refractivity contribution in [1.29, 1.82) is 0 Å². The van der Waals surface area contributed by atoms with Crippen molar-refractivity contribution in [2.24, 2.45) is 11.8 Å². The summed E-state index contributed by atoms with van der Waals surface area (Å²) in [6.45, 7) is 1.89. The molecule has 3 amide bonds. The molecule has 3 heterocycles. The van der Waals surface area contributed by atoms with Gasteiger partial charge < -0.3 is 10.2 Å². The predicted molar refractivity (Wildman–Crippen MR) is 135 cm³/mol. The maximum atomic E-state index is 13.8. The van der Waals surface area contributed by atoms with Gasteiger partial charge in [0.1, 0.15) is 6.04 Å². The molecule has 0 aliphatic carbocycles. The lowest BCUT2D eigenvalue weighted by atomic mass is 9.84. The van der Waals surface area contributed by atoms with E-state index >= 15 is 0 Å². The number of nitrogens with one attached hydrogen (secondary N) is 1. The molecule has 0 bridgehead atoms. The first-order chi connectivity index (χ1) is 18.1. The van der Waals surface area contributed by atoms with E-state index in [2.05, 4.69) is 5.32 Å². The Labute approximate surface area is 216 Å². The standard InChI is InChI=1S/C29H22F3N3O3/c1-16-9-11-20(12-10-16)35-27(37)22-23(28(35)38)25(34-14-13-17-5-2-3-8-21(17)24(22)34)26(36)33-19-7-4-6-18(15-19)29(30,31)32/h2-15,22-25H,1H3,(H,33,36)/t22-,23+,24-,25+/m0/s1. The average molecular weight is 518 g/mol. The van der Waals surface area contributed by atoms with Gasteiger partial charge in [0, 0.05) is 11.9 Å². The van der Waals surface area contributed by atoms with Crippen LogP contribution >= 0.6 is 0 Å². The summed E-state index contributed by atoms with van der Waals surface area (Å²) in [6, 6.07) is 17.1. The molecule has 3 aliphatic heterocycles. The van der Waals surface area contributed by atoms with Gasteiger partial charge in [-0.3, -0.25) is 14.4 Å². The minimum Gasteiger partial charge on any atom is -0.357 e. The number of fused-ring (bicyclic) bond motifs is 5. The first kappa shape index (κ1) is 24.0. The second-order valence-electron chi connectivity index (χ2n) is 9.75. The molecule has 3 aliphatic rings. The van der Waals surface area contributed by atoms with Crippen LogP contribution in [0.3, 0.4) is 0 Å². The highest BCUT2D eigenvalue weighted by Crippen LogP contribution is 2.53. The largest absolute Gasteiger partial charge is 0.416 e. The molecule has 0 saturated carbocycles. The lowest BCUT2D eigenvalue weighted by Gasteiger charge is -2.35. The molecule has 2 fully saturated rings. The maximum absolute atomic E-state index is 13.8. The number of alkyl halides is 3. The molecule has 1 N–H and O–H groups in total. The van der Waals surface area contributed by atoms with Crippen LogP contribution in [0.2, 0.25) is 0 Å². The number of amides is 3. The molecular formula is C29H22F3N3O3. The van der Waals surface area contributed by atoms with Crippen LogP contribution in [0, 0.1) is 18.8 Å². The van der Waals surface area contributed by atoms with E-state index in [1.54, 1.807) is 35.4 Å². The van der Waals surface area contributed by atoms with Gasteiger partial charge in [-0.1, -0.05) is 48.0 Å². The summed E-state index contributed by atoms with van der Waals surface area (Å²) >= 11 is 0. The van der Waals surface area contributed by atoms with Crippen molar-refractivity contribution >= 4 is 35.2 Å². The zero-order valence-corrected chi connectivity index (χ0v) is 20.1. The molecule has 4 atom stereocenters. The molecule has 38 heavy (non-hydrogen) atoms. The van der Waals surface area contributed by atoms with Crippen LogP contribution in [0.25, 0.3) is 6.08 Å². The lowest BCUT2D eigenvalue weighted by Crippen LogP contribution is -2.46. The number of carbonyl (C=O) groups excluding carboxylic acids is 3. The fraction of sp³-hybridized carbons (Fsp3) is 0.207. The molecule has 9 heteroatoms. The molecular weight excluding hydrogens is 495 g/mol. The molecule has 192 valence electrons. The summed E-state index contributed by atoms with van der Waals surface area (Å²) < 4.78 is 39.8. The third kappa shape index (κ3) is 3.69. The Morgan fingerprint density at radius 1 is 0.895 bits per heavy atom. The minimum atomic E-state index is -4.58. The third-order valence-corrected chi connectivity index (χ3v) is 7.48. The number of benzene rings is 3. The van der Waals surface area contributed by atoms with Crippen molar-refractivity contribution in [1.82, 2.24) is 4.90 Å². The number of anilines is 2. The molecule has 3 aromatic carbocycles. The van der Waals surface area contributed by atoms with Crippen molar-refractivity contribution < 1.29 is 27.6 Å². The van der Waals surface area contributed by atoms with Crippen molar-refractivity contribution in [3.63, 3.8) is 0 Å². The number of nitrogens with zero attached hydrogens (tertiary/aromatic N) is 2. The minimum absolute atomic E-state index is 0.0432. The van der Waals surface area contributed by atoms with Crippen LogP contribution in [0.4, 0.5) is 24.5 Å². The van der Waals surface area contributed by atoms with Crippen LogP contribution < -0.4 is 10.2 Å². The second kappa shape index (κ2) is 8.58. The van der Waals surface area contributed by atoms with Crippen LogP contribution in [0.1, 0.15) is 28.3 Å². The van der Waals surface area contributed by atoms with Gasteiger partial charge in [0.2, 0.25) is 17.7 Å². The van der Waals surface area contributed by atoms with E-state index in [0.29, 0.717) is 5.69 Å². The van der Waals surface area contributed by atoms with Gasteiger partial charge >= 0.3 is 6.18 Å². The van der Waals surface area contributed by atoms with E-state index in [1.807, 2.05) is 37.3 Å². The van der Waals surface area contributed by atoms with Gasteiger partial charge in [-0.15, -0.1) is 0 Å². The van der Waals surface area contributed by atoms with Gasteiger partial charge in [0.05, 0.1) is 29.1 Å². The maximum Gasteiger partial charge on any atom is 0.416 e. The molecule has 6 rings (SSSR count). The summed E-state index contributed by atoms with van der Waals surface area (Å²) in [6.07, 6.45) is -1.07. The molecule has 2 saturated heterocycles. The zero-order chi connectivity index (χ0) is 26.8. The molecule has 0 aromatic heterocycles. The van der Waals surface area contributed by atoms with Crippen LogP contribution in [-0.4, -0.2) is 28.7 Å². The van der Waals surface area contributed by atoms with Crippen molar-refractivity contribution in [3.8, 4) is 0 Å². The van der Waals surface area contributed by atoms with E-state index < -0.39 is 53.4 Å². The number of hydrogen-bond acceptors (Lipinski definition) is 4. The Bertz CT molecular complexity index is 1500. The quantitative estimate of drug-likeness (QED) is 0.487. The Morgan fingerprint density at radius 2 is 1.61 bits per heavy atom. The third-order valence-electron chi connectivity index (χ3n) is 7.48. The van der Waals surface area contributed by atoms with Crippen LogP contribution in [-0.2, 0) is 20.6 Å². The van der Waals surface area contributed by atoms with Crippen molar-refractivity contribution in [3.05, 3.63) is 101 Å². The topological polar surface area (TPSA) is 69.7 Å². The van der Waals surface area contributed by atoms with Crippen LogP contribution in [0.5, 0.6) is 0 Å². The zero-order valence-electron chi connectivity index (χ0n) is 20.1. The van der Waals surface area contributed by atoms with E-state index in [4.69, 9.17) is 0 Å². The van der Waals surface area contributed by atoms with Crippen molar-refractivity contribution in [2.45, 2.75) is 25.2 Å². The normalized spacial score (nSPS) is 23.8. The first-order valence-corrected chi connectivity index (χ1v) is 12.1. The second-order valence-corrected chi connectivity index (χ2v) is 9.75. The summed E-state index contributed by atoms with van der Waals surface area (Å²) in [5.74, 6) is -3.42. The Balaban J connectivity index is 1.41. The number of carbonyl (C=O) groups is 3. The Kier molecular flexibility index (Phi) is 5.41. The number of imide groups is 1. The average Bonchev–Trinajstić information content (AvgIpc) is 3.37. The van der Waals surface area contributed by atoms with Gasteiger partial charge in [-0.25, -0.2) is 4.90 Å². The number of aryl methyl sites for hydroxylation is 1. The molecule has 0 spiro atoms. The number of hydrogen-bond donors (Lipinski definition) is 1. The molecule has 0 unspecified atom stereocenters. The van der Waals surface area contributed by atoms with Gasteiger partial charge in [-0.2, -0.15) is 13.2 Å². The van der Waals surface area contributed by atoms with Gasteiger partial charge in [0.15, 0.2) is 0 Å². The lowest BCUT2D eigenvalue weighted by molar-refractivity contribution is -0.137. The summed E-state index contributed by atoms with van der Waals surface area (Å²) in [5, 5.41) is 2.57. The smallest absolute Gasteiger partial charge is 0.357 e. The highest BCUT2D eigenvalue weighted by molar-refractivity contribution is 6.24. The summed E-state index contributed by atoms with van der Waals surface area (Å²) in [7, 11) is 0. The fourth-order valence-electron chi connectivity index (χ4n) is 5.79. The molecule has 3 aromatic rings. The van der Waals surface area contributed by atoms with Crippen molar-refractivity contribution in [2.75, 3.05) is 10.2 Å². The van der Waals surface area contributed by atoms with Gasteiger partial charge in [-0.05, 0) is 54.5 Å². The highest BCUT2D eigenvalue weighted by Gasteiger charge is 2.64.